The Balaban J connectivity index is 1.49. The van der Waals surface area contributed by atoms with Crippen LogP contribution in [0.5, 0.6) is 0 Å². The minimum Gasteiger partial charge on any atom is -0.324 e. The van der Waals surface area contributed by atoms with Crippen LogP contribution in [0.2, 0.25) is 5.02 Å². The summed E-state index contributed by atoms with van der Waals surface area (Å²) in [5.74, 6) is -0.614. The molecule has 1 atom stereocenters. The summed E-state index contributed by atoms with van der Waals surface area (Å²) in [7, 11) is 0. The topological polar surface area (TPSA) is 115 Å². The van der Waals surface area contributed by atoms with Crippen molar-refractivity contribution in [2.45, 2.75) is 6.04 Å². The first-order chi connectivity index (χ1) is 16.9. The fourth-order valence-electron chi connectivity index (χ4n) is 3.68. The van der Waals surface area contributed by atoms with Gasteiger partial charge < -0.3 is 5.32 Å². The Morgan fingerprint density at radius 1 is 1.11 bits per heavy atom. The molecule has 0 spiro atoms. The fourth-order valence-corrected chi connectivity index (χ4v) is 3.80. The Kier molecular flexibility index (Phi) is 5.71. The van der Waals surface area contributed by atoms with Crippen LogP contribution in [0.25, 0.3) is 5.70 Å². The number of halogens is 2. The Hall–Kier alpha value is -4.57. The molecule has 0 saturated carbocycles. The number of nitro groups is 1. The number of carbonyl (C=O) groups excluding carboxylic acids is 1. The molecule has 1 aliphatic rings. The van der Waals surface area contributed by atoms with Crippen LogP contribution < -0.4 is 10.6 Å². The lowest BCUT2D eigenvalue weighted by Gasteiger charge is -2.24. The molecule has 35 heavy (non-hydrogen) atoms. The predicted molar refractivity (Wildman–Crippen MR) is 129 cm³/mol. The van der Waals surface area contributed by atoms with E-state index in [9.17, 15) is 19.3 Å². The van der Waals surface area contributed by atoms with E-state index >= 15 is 0 Å². The smallest absolute Gasteiger partial charge is 0.270 e. The average molecular weight is 491 g/mol. The van der Waals surface area contributed by atoms with Crippen molar-refractivity contribution in [3.05, 3.63) is 117 Å². The molecule has 0 fully saturated rings. The van der Waals surface area contributed by atoms with Gasteiger partial charge in [-0.25, -0.2) is 9.07 Å². The van der Waals surface area contributed by atoms with Crippen LogP contribution in [0.4, 0.5) is 22.0 Å². The summed E-state index contributed by atoms with van der Waals surface area (Å²) in [6.45, 7) is 0. The van der Waals surface area contributed by atoms with E-state index in [2.05, 4.69) is 20.7 Å². The summed E-state index contributed by atoms with van der Waals surface area (Å²) in [5.41, 5.74) is 2.21. The van der Waals surface area contributed by atoms with Gasteiger partial charge in [0.05, 0.1) is 4.92 Å². The highest BCUT2D eigenvalue weighted by molar-refractivity contribution is 6.30. The number of aromatic nitrogens is 3. The van der Waals surface area contributed by atoms with Gasteiger partial charge in [0, 0.05) is 28.4 Å². The number of nitro benzene ring substituents is 1. The van der Waals surface area contributed by atoms with Gasteiger partial charge in [-0.3, -0.25) is 20.2 Å². The third-order valence-electron chi connectivity index (χ3n) is 5.38. The first-order valence-corrected chi connectivity index (χ1v) is 10.8. The van der Waals surface area contributed by atoms with Crippen LogP contribution in [-0.4, -0.2) is 25.6 Å². The van der Waals surface area contributed by atoms with E-state index in [1.807, 2.05) is 18.2 Å². The van der Waals surface area contributed by atoms with E-state index < -0.39 is 16.9 Å². The SMILES string of the molecule is O=C(Nc1nc2n(n1)C(c1ccc(F)cc1)C=C(c1ccc(Cl)cc1)N2)c1cccc([N+](=O)[O-])c1. The molecule has 2 heterocycles. The maximum atomic E-state index is 13.6. The van der Waals surface area contributed by atoms with Crippen LogP contribution in [0.3, 0.4) is 0 Å². The second-order valence-electron chi connectivity index (χ2n) is 7.67. The van der Waals surface area contributed by atoms with Gasteiger partial charge in [0.25, 0.3) is 17.5 Å². The molecule has 9 nitrogen and oxygen atoms in total. The van der Waals surface area contributed by atoms with E-state index in [1.54, 1.807) is 28.9 Å². The standard InChI is InChI=1S/C24H16ClFN6O3/c25-17-8-4-14(5-9-17)20-13-21(15-6-10-18(26)11-7-15)31-24(27-20)29-23(30-31)28-22(33)16-2-1-3-19(12-16)32(34)35/h1-13,21H,(H2,27,28,29,30,33). The van der Waals surface area contributed by atoms with E-state index in [0.717, 1.165) is 16.8 Å². The molecular formula is C24H16ClFN6O3. The summed E-state index contributed by atoms with van der Waals surface area (Å²) in [6.07, 6.45) is 1.91. The largest absolute Gasteiger partial charge is 0.324 e. The molecule has 2 N–H and O–H groups in total. The molecular weight excluding hydrogens is 475 g/mol. The zero-order chi connectivity index (χ0) is 24.5. The molecule has 11 heteroatoms. The molecule has 0 radical (unpaired) electrons. The highest BCUT2D eigenvalue weighted by Gasteiger charge is 2.26. The van der Waals surface area contributed by atoms with E-state index in [1.165, 1.54) is 36.4 Å². The summed E-state index contributed by atoms with van der Waals surface area (Å²) in [4.78, 5) is 27.5. The molecule has 5 rings (SSSR count). The molecule has 0 aliphatic carbocycles. The van der Waals surface area contributed by atoms with Crippen LogP contribution in [0.15, 0.2) is 78.9 Å². The zero-order valence-corrected chi connectivity index (χ0v) is 18.6. The number of non-ortho nitro benzene ring substituents is 1. The maximum Gasteiger partial charge on any atom is 0.270 e. The highest BCUT2D eigenvalue weighted by atomic mass is 35.5. The third kappa shape index (κ3) is 4.59. The molecule has 1 unspecified atom stereocenters. The average Bonchev–Trinajstić information content (AvgIpc) is 3.27. The fraction of sp³-hybridized carbons (Fsp3) is 0.0417. The molecule has 0 bridgehead atoms. The van der Waals surface area contributed by atoms with Gasteiger partial charge in [0.15, 0.2) is 0 Å². The highest BCUT2D eigenvalue weighted by Crippen LogP contribution is 2.33. The van der Waals surface area contributed by atoms with Crippen molar-refractivity contribution in [1.29, 1.82) is 0 Å². The molecule has 3 aromatic carbocycles. The third-order valence-corrected chi connectivity index (χ3v) is 5.63. The molecule has 4 aromatic rings. The van der Waals surface area contributed by atoms with Crippen LogP contribution in [0, 0.1) is 15.9 Å². The molecule has 0 saturated heterocycles. The van der Waals surface area contributed by atoms with Crippen molar-refractivity contribution in [2.75, 3.05) is 10.6 Å². The first-order valence-electron chi connectivity index (χ1n) is 10.4. The van der Waals surface area contributed by atoms with Gasteiger partial charge in [0.1, 0.15) is 11.9 Å². The van der Waals surface area contributed by atoms with Crippen molar-refractivity contribution >= 4 is 40.8 Å². The zero-order valence-electron chi connectivity index (χ0n) is 17.9. The lowest BCUT2D eigenvalue weighted by Crippen LogP contribution is -2.20. The minimum atomic E-state index is -0.596. The van der Waals surface area contributed by atoms with E-state index in [0.29, 0.717) is 11.0 Å². The lowest BCUT2D eigenvalue weighted by molar-refractivity contribution is -0.384. The monoisotopic (exact) mass is 490 g/mol. The quantitative estimate of drug-likeness (QED) is 0.290. The number of benzene rings is 3. The van der Waals surface area contributed by atoms with Gasteiger partial charge >= 0.3 is 0 Å². The van der Waals surface area contributed by atoms with Gasteiger partial charge in [-0.05, 0) is 47.5 Å². The predicted octanol–water partition coefficient (Wildman–Crippen LogP) is 5.29. The summed E-state index contributed by atoms with van der Waals surface area (Å²) < 4.78 is 15.1. The first kappa shape index (κ1) is 22.2. The van der Waals surface area contributed by atoms with Crippen LogP contribution >= 0.6 is 11.6 Å². The Labute approximate surface area is 203 Å². The summed E-state index contributed by atoms with van der Waals surface area (Å²) in [6, 6.07) is 18.1. The second-order valence-corrected chi connectivity index (χ2v) is 8.11. The van der Waals surface area contributed by atoms with Crippen molar-refractivity contribution in [3.63, 3.8) is 0 Å². The number of carbonyl (C=O) groups is 1. The maximum absolute atomic E-state index is 13.6. The van der Waals surface area contributed by atoms with Gasteiger partial charge in [-0.1, -0.05) is 41.9 Å². The van der Waals surface area contributed by atoms with Crippen molar-refractivity contribution < 1.29 is 14.1 Å². The van der Waals surface area contributed by atoms with Crippen LogP contribution in [0.1, 0.15) is 27.5 Å². The number of hydrogen-bond acceptors (Lipinski definition) is 6. The minimum absolute atomic E-state index is 0.00174. The van der Waals surface area contributed by atoms with Gasteiger partial charge in [0.2, 0.25) is 5.95 Å². The summed E-state index contributed by atoms with van der Waals surface area (Å²) in [5, 5.41) is 21.8. The number of nitrogens with one attached hydrogen (secondary N) is 2. The number of fused-ring (bicyclic) bond motifs is 1. The molecule has 174 valence electrons. The molecule has 1 aliphatic heterocycles. The van der Waals surface area contributed by atoms with E-state index in [4.69, 9.17) is 11.6 Å². The number of allylic oxidation sites excluding steroid dienone is 1. The van der Waals surface area contributed by atoms with Crippen LogP contribution in [-0.2, 0) is 0 Å². The van der Waals surface area contributed by atoms with Gasteiger partial charge in [-0.2, -0.15) is 4.98 Å². The van der Waals surface area contributed by atoms with E-state index in [-0.39, 0.29) is 23.0 Å². The number of rotatable bonds is 5. The van der Waals surface area contributed by atoms with Gasteiger partial charge in [-0.15, -0.1) is 5.10 Å². The Morgan fingerprint density at radius 3 is 2.57 bits per heavy atom. The molecule has 1 amide bonds. The lowest BCUT2D eigenvalue weighted by atomic mass is 10.0. The second kappa shape index (κ2) is 8.99. The number of amides is 1. The van der Waals surface area contributed by atoms with Crippen molar-refractivity contribution in [3.8, 4) is 0 Å². The normalized spacial score (nSPS) is 14.5. The number of anilines is 2. The Morgan fingerprint density at radius 2 is 1.86 bits per heavy atom. The van der Waals surface area contributed by atoms with Crippen molar-refractivity contribution in [1.82, 2.24) is 14.8 Å². The molecule has 1 aromatic heterocycles. The summed E-state index contributed by atoms with van der Waals surface area (Å²) >= 11 is 6.02. The number of hydrogen-bond donors (Lipinski definition) is 2. The Bertz CT molecular complexity index is 1470. The number of nitrogens with zero attached hydrogens (tertiary/aromatic N) is 4. The van der Waals surface area contributed by atoms with Crippen molar-refractivity contribution in [2.24, 2.45) is 0 Å².